The minimum atomic E-state index is -4.98. The van der Waals surface area contributed by atoms with E-state index >= 15 is 0 Å². The Morgan fingerprint density at radius 3 is 2.45 bits per heavy atom. The maximum absolute atomic E-state index is 13.2. The number of alkyl halides is 3. The molecule has 0 radical (unpaired) electrons. The summed E-state index contributed by atoms with van der Waals surface area (Å²) in [5.74, 6) is -3.55. The number of nitrogens with zero attached hydrogens (tertiary/aromatic N) is 2. The zero-order valence-electron chi connectivity index (χ0n) is 10.4. The summed E-state index contributed by atoms with van der Waals surface area (Å²) in [4.78, 5) is 19.0. The summed E-state index contributed by atoms with van der Waals surface area (Å²) >= 11 is 5.62. The lowest BCUT2D eigenvalue weighted by Crippen LogP contribution is -2.16. The standard InChI is InChI=1S/C12H6ClF4N3O2/c13-10-9(18-1-2-19-10)11(22)20-7-3-5(12(15,16)17)6(14)4-8(7)21/h1-4,21H,(H,20,22). The van der Waals surface area contributed by atoms with Crippen molar-refractivity contribution in [3.8, 4) is 5.75 Å². The average molecular weight is 336 g/mol. The number of phenolic OH excluding ortho intramolecular Hbond substituents is 1. The van der Waals surface area contributed by atoms with Crippen molar-refractivity contribution in [1.29, 1.82) is 0 Å². The van der Waals surface area contributed by atoms with Crippen molar-refractivity contribution < 1.29 is 27.5 Å². The van der Waals surface area contributed by atoms with E-state index in [1.54, 1.807) is 0 Å². The zero-order valence-corrected chi connectivity index (χ0v) is 11.2. The predicted molar refractivity (Wildman–Crippen MR) is 68.1 cm³/mol. The molecule has 1 aromatic heterocycles. The first-order chi connectivity index (χ1) is 10.2. The Labute approximate surface area is 125 Å². The van der Waals surface area contributed by atoms with Gasteiger partial charge in [0.25, 0.3) is 5.91 Å². The quantitative estimate of drug-likeness (QED) is 0.652. The van der Waals surface area contributed by atoms with Gasteiger partial charge in [-0.25, -0.2) is 14.4 Å². The molecule has 0 unspecified atom stereocenters. The molecule has 0 saturated carbocycles. The molecular formula is C12H6ClF4N3O2. The van der Waals surface area contributed by atoms with Gasteiger partial charge < -0.3 is 10.4 Å². The summed E-state index contributed by atoms with van der Waals surface area (Å²) in [6.45, 7) is 0. The molecule has 1 aromatic carbocycles. The number of aromatic hydroxyl groups is 1. The van der Waals surface area contributed by atoms with Crippen molar-refractivity contribution in [2.75, 3.05) is 5.32 Å². The molecule has 116 valence electrons. The van der Waals surface area contributed by atoms with Crippen LogP contribution in [0.2, 0.25) is 5.15 Å². The summed E-state index contributed by atoms with van der Waals surface area (Å²) in [6, 6.07) is 0.517. The Kier molecular flexibility index (Phi) is 4.18. The number of hydrogen-bond acceptors (Lipinski definition) is 4. The molecule has 0 saturated heterocycles. The highest BCUT2D eigenvalue weighted by atomic mass is 35.5. The number of halogens is 5. The van der Waals surface area contributed by atoms with E-state index in [4.69, 9.17) is 11.6 Å². The van der Waals surface area contributed by atoms with Crippen molar-refractivity contribution in [3.05, 3.63) is 46.8 Å². The van der Waals surface area contributed by atoms with Crippen LogP contribution in [0.1, 0.15) is 16.1 Å². The monoisotopic (exact) mass is 335 g/mol. The van der Waals surface area contributed by atoms with Gasteiger partial charge in [0.15, 0.2) is 10.8 Å². The maximum atomic E-state index is 13.2. The van der Waals surface area contributed by atoms with Crippen molar-refractivity contribution in [1.82, 2.24) is 9.97 Å². The minimum absolute atomic E-state index is 0.247. The normalized spacial score (nSPS) is 11.3. The van der Waals surface area contributed by atoms with Crippen LogP contribution in [0.5, 0.6) is 5.75 Å². The van der Waals surface area contributed by atoms with Gasteiger partial charge in [0.2, 0.25) is 0 Å². The van der Waals surface area contributed by atoms with Crippen LogP contribution in [-0.2, 0) is 6.18 Å². The summed E-state index contributed by atoms with van der Waals surface area (Å²) in [6.07, 6.45) is -2.63. The summed E-state index contributed by atoms with van der Waals surface area (Å²) in [7, 11) is 0. The van der Waals surface area contributed by atoms with Gasteiger partial charge in [0, 0.05) is 18.5 Å². The number of hydrogen-bond donors (Lipinski definition) is 2. The molecule has 0 aliphatic carbocycles. The molecule has 5 nitrogen and oxygen atoms in total. The number of aromatic nitrogens is 2. The Bertz CT molecular complexity index is 737. The number of nitrogens with one attached hydrogen (secondary N) is 1. The van der Waals surface area contributed by atoms with E-state index in [-0.39, 0.29) is 23.0 Å². The summed E-state index contributed by atoms with van der Waals surface area (Å²) in [5, 5.41) is 11.1. The molecule has 0 fully saturated rings. The van der Waals surface area contributed by atoms with Gasteiger partial charge in [0.05, 0.1) is 11.3 Å². The zero-order chi connectivity index (χ0) is 16.5. The van der Waals surface area contributed by atoms with Crippen molar-refractivity contribution in [2.45, 2.75) is 6.18 Å². The van der Waals surface area contributed by atoms with Crippen LogP contribution in [-0.4, -0.2) is 21.0 Å². The van der Waals surface area contributed by atoms with Crippen LogP contribution in [0.4, 0.5) is 23.2 Å². The lowest BCUT2D eigenvalue weighted by atomic mass is 10.1. The first-order valence-corrected chi connectivity index (χ1v) is 5.95. The summed E-state index contributed by atoms with van der Waals surface area (Å²) in [5.41, 5.74) is -2.63. The predicted octanol–water partition coefficient (Wildman–Crippen LogP) is 3.25. The number of carbonyl (C=O) groups excluding carboxylic acids is 1. The van der Waals surface area contributed by atoms with Crippen molar-refractivity contribution in [3.63, 3.8) is 0 Å². The van der Waals surface area contributed by atoms with E-state index in [1.165, 1.54) is 6.20 Å². The SMILES string of the molecule is O=C(Nc1cc(C(F)(F)F)c(F)cc1O)c1nccnc1Cl. The lowest BCUT2D eigenvalue weighted by Gasteiger charge is -2.12. The fourth-order valence-electron chi connectivity index (χ4n) is 1.53. The van der Waals surface area contributed by atoms with Gasteiger partial charge in [-0.1, -0.05) is 11.6 Å². The second kappa shape index (κ2) is 5.76. The van der Waals surface area contributed by atoms with E-state index < -0.39 is 34.9 Å². The highest BCUT2D eigenvalue weighted by Gasteiger charge is 2.35. The molecule has 2 aromatic rings. The highest BCUT2D eigenvalue weighted by Crippen LogP contribution is 2.37. The van der Waals surface area contributed by atoms with Crippen LogP contribution in [0.3, 0.4) is 0 Å². The second-order valence-electron chi connectivity index (χ2n) is 4.00. The number of rotatable bonds is 2. The van der Waals surface area contributed by atoms with Gasteiger partial charge in [-0.2, -0.15) is 13.2 Å². The van der Waals surface area contributed by atoms with E-state index in [1.807, 2.05) is 5.32 Å². The van der Waals surface area contributed by atoms with Gasteiger partial charge in [0.1, 0.15) is 11.6 Å². The third-order valence-electron chi connectivity index (χ3n) is 2.51. The lowest BCUT2D eigenvalue weighted by molar-refractivity contribution is -0.139. The molecule has 1 heterocycles. The third kappa shape index (κ3) is 3.25. The first-order valence-electron chi connectivity index (χ1n) is 5.57. The molecule has 0 bridgehead atoms. The number of carbonyl (C=O) groups is 1. The van der Waals surface area contributed by atoms with Gasteiger partial charge in [-0.15, -0.1) is 0 Å². The first kappa shape index (κ1) is 16.0. The van der Waals surface area contributed by atoms with Crippen LogP contribution >= 0.6 is 11.6 Å². The van der Waals surface area contributed by atoms with Crippen molar-refractivity contribution in [2.24, 2.45) is 0 Å². The average Bonchev–Trinajstić information content (AvgIpc) is 2.40. The Balaban J connectivity index is 2.38. The molecule has 0 atom stereocenters. The fraction of sp³-hybridized carbons (Fsp3) is 0.0833. The maximum Gasteiger partial charge on any atom is 0.419 e. The van der Waals surface area contributed by atoms with Crippen LogP contribution < -0.4 is 5.32 Å². The van der Waals surface area contributed by atoms with E-state index in [0.717, 1.165) is 6.20 Å². The number of phenols is 1. The Morgan fingerprint density at radius 2 is 1.86 bits per heavy atom. The minimum Gasteiger partial charge on any atom is -0.506 e. The van der Waals surface area contributed by atoms with Crippen LogP contribution in [0.25, 0.3) is 0 Å². The molecule has 10 heteroatoms. The van der Waals surface area contributed by atoms with E-state index in [2.05, 4.69) is 9.97 Å². The van der Waals surface area contributed by atoms with E-state index in [9.17, 15) is 27.5 Å². The number of benzene rings is 1. The fourth-order valence-corrected chi connectivity index (χ4v) is 1.73. The molecule has 2 N–H and O–H groups in total. The van der Waals surface area contributed by atoms with Crippen molar-refractivity contribution >= 4 is 23.2 Å². The molecule has 0 aliphatic heterocycles. The second-order valence-corrected chi connectivity index (χ2v) is 4.35. The Hall–Kier alpha value is -2.42. The smallest absolute Gasteiger partial charge is 0.419 e. The molecule has 1 amide bonds. The highest BCUT2D eigenvalue weighted by molar-refractivity contribution is 6.32. The van der Waals surface area contributed by atoms with Gasteiger partial charge in [-0.3, -0.25) is 4.79 Å². The number of anilines is 1. The number of amides is 1. The molecule has 0 spiro atoms. The third-order valence-corrected chi connectivity index (χ3v) is 2.78. The van der Waals surface area contributed by atoms with Gasteiger partial charge >= 0.3 is 6.18 Å². The van der Waals surface area contributed by atoms with Crippen LogP contribution in [0, 0.1) is 5.82 Å². The molecule has 2 rings (SSSR count). The summed E-state index contributed by atoms with van der Waals surface area (Å²) < 4.78 is 51.0. The molecule has 22 heavy (non-hydrogen) atoms. The molecule has 0 aliphatic rings. The largest absolute Gasteiger partial charge is 0.506 e. The topological polar surface area (TPSA) is 75.1 Å². The van der Waals surface area contributed by atoms with Gasteiger partial charge in [-0.05, 0) is 6.07 Å². The van der Waals surface area contributed by atoms with Crippen LogP contribution in [0.15, 0.2) is 24.5 Å². The van der Waals surface area contributed by atoms with E-state index in [0.29, 0.717) is 0 Å². The molecular weight excluding hydrogens is 330 g/mol. The Morgan fingerprint density at radius 1 is 1.23 bits per heavy atom.